The molecule has 0 saturated heterocycles. The van der Waals surface area contributed by atoms with E-state index in [1.807, 2.05) is 42.6 Å². The van der Waals surface area contributed by atoms with Crippen LogP contribution in [0.2, 0.25) is 0 Å². The molecule has 23 heavy (non-hydrogen) atoms. The van der Waals surface area contributed by atoms with Crippen LogP contribution < -0.4 is 5.43 Å². The second kappa shape index (κ2) is 5.89. The third-order valence-corrected chi connectivity index (χ3v) is 3.78. The van der Waals surface area contributed by atoms with Gasteiger partial charge in [0.25, 0.3) is 0 Å². The molecular weight excluding hydrogens is 282 g/mol. The zero-order valence-electron chi connectivity index (χ0n) is 12.5. The van der Waals surface area contributed by atoms with Crippen molar-refractivity contribution in [3.8, 4) is 0 Å². The average molecular weight is 297 g/mol. The van der Waals surface area contributed by atoms with Gasteiger partial charge in [0.1, 0.15) is 0 Å². The van der Waals surface area contributed by atoms with Gasteiger partial charge in [0.05, 0.1) is 17.4 Å². The summed E-state index contributed by atoms with van der Waals surface area (Å²) in [6, 6.07) is 24.6. The van der Waals surface area contributed by atoms with Crippen molar-refractivity contribution in [2.75, 3.05) is 5.43 Å². The van der Waals surface area contributed by atoms with E-state index in [-0.39, 0.29) is 0 Å². The third kappa shape index (κ3) is 2.90. The van der Waals surface area contributed by atoms with Crippen molar-refractivity contribution < 1.29 is 0 Å². The molecule has 0 bridgehead atoms. The van der Waals surface area contributed by atoms with Crippen molar-refractivity contribution in [1.29, 1.82) is 0 Å². The number of pyridine rings is 1. The van der Waals surface area contributed by atoms with Crippen molar-refractivity contribution >= 4 is 33.6 Å². The quantitative estimate of drug-likeness (QED) is 0.434. The number of hydrogen-bond acceptors (Lipinski definition) is 3. The standard InChI is InChI=1S/C20H15N3/c1-2-5-17-13-19(9-8-16(17)4-1)23-22-14-15-7-10-20-18(12-15)6-3-11-21-20/h1-14,23H/b22-14-. The van der Waals surface area contributed by atoms with Gasteiger partial charge in [-0.25, -0.2) is 0 Å². The van der Waals surface area contributed by atoms with Crippen LogP contribution in [-0.2, 0) is 0 Å². The minimum atomic E-state index is 0.974. The predicted molar refractivity (Wildman–Crippen MR) is 96.9 cm³/mol. The van der Waals surface area contributed by atoms with Crippen LogP contribution in [0.25, 0.3) is 21.7 Å². The highest BCUT2D eigenvalue weighted by Crippen LogP contribution is 2.18. The van der Waals surface area contributed by atoms with Gasteiger partial charge in [0.15, 0.2) is 0 Å². The lowest BCUT2D eigenvalue weighted by atomic mass is 10.1. The molecule has 0 spiro atoms. The summed E-state index contributed by atoms with van der Waals surface area (Å²) >= 11 is 0. The lowest BCUT2D eigenvalue weighted by Gasteiger charge is -2.03. The molecule has 0 fully saturated rings. The van der Waals surface area contributed by atoms with Gasteiger partial charge < -0.3 is 0 Å². The monoisotopic (exact) mass is 297 g/mol. The van der Waals surface area contributed by atoms with Crippen molar-refractivity contribution in [2.45, 2.75) is 0 Å². The number of anilines is 1. The average Bonchev–Trinajstić information content (AvgIpc) is 2.61. The zero-order valence-corrected chi connectivity index (χ0v) is 12.5. The summed E-state index contributed by atoms with van der Waals surface area (Å²) in [5, 5.41) is 7.87. The number of benzene rings is 3. The van der Waals surface area contributed by atoms with E-state index in [4.69, 9.17) is 0 Å². The second-order valence-corrected chi connectivity index (χ2v) is 5.39. The molecule has 3 heteroatoms. The summed E-state index contributed by atoms with van der Waals surface area (Å²) < 4.78 is 0. The van der Waals surface area contributed by atoms with Crippen LogP contribution in [0, 0.1) is 0 Å². The van der Waals surface area contributed by atoms with Gasteiger partial charge in [-0.15, -0.1) is 0 Å². The number of fused-ring (bicyclic) bond motifs is 2. The van der Waals surface area contributed by atoms with E-state index in [0.29, 0.717) is 0 Å². The second-order valence-electron chi connectivity index (χ2n) is 5.39. The number of nitrogens with one attached hydrogen (secondary N) is 1. The molecule has 0 aliphatic carbocycles. The highest BCUT2D eigenvalue weighted by molar-refractivity contribution is 5.89. The molecule has 0 aliphatic heterocycles. The molecule has 110 valence electrons. The molecule has 1 N–H and O–H groups in total. The van der Waals surface area contributed by atoms with E-state index in [1.54, 1.807) is 6.20 Å². The van der Waals surface area contributed by atoms with E-state index in [0.717, 1.165) is 22.2 Å². The Kier molecular flexibility index (Phi) is 3.45. The smallest absolute Gasteiger partial charge is 0.0702 e. The van der Waals surface area contributed by atoms with Crippen molar-refractivity contribution in [3.05, 3.63) is 84.6 Å². The summed E-state index contributed by atoms with van der Waals surface area (Å²) in [5.74, 6) is 0. The van der Waals surface area contributed by atoms with Crippen LogP contribution in [0.4, 0.5) is 5.69 Å². The number of hydrazone groups is 1. The Bertz CT molecular complexity index is 1010. The van der Waals surface area contributed by atoms with Crippen LogP contribution >= 0.6 is 0 Å². The van der Waals surface area contributed by atoms with E-state index < -0.39 is 0 Å². The Labute approximate surface area is 134 Å². The van der Waals surface area contributed by atoms with Crippen LogP contribution in [-0.4, -0.2) is 11.2 Å². The number of aromatic nitrogens is 1. The highest BCUT2D eigenvalue weighted by Gasteiger charge is 1.96. The fourth-order valence-electron chi connectivity index (χ4n) is 2.61. The number of nitrogens with zero attached hydrogens (tertiary/aromatic N) is 2. The van der Waals surface area contributed by atoms with E-state index in [2.05, 4.69) is 51.9 Å². The van der Waals surface area contributed by atoms with E-state index in [1.165, 1.54) is 10.8 Å². The highest BCUT2D eigenvalue weighted by atomic mass is 15.3. The van der Waals surface area contributed by atoms with E-state index in [9.17, 15) is 0 Å². The maximum atomic E-state index is 4.33. The third-order valence-electron chi connectivity index (χ3n) is 3.78. The summed E-state index contributed by atoms with van der Waals surface area (Å²) in [6.07, 6.45) is 3.62. The normalized spacial score (nSPS) is 11.3. The van der Waals surface area contributed by atoms with Gasteiger partial charge in [-0.1, -0.05) is 42.5 Å². The molecule has 0 radical (unpaired) electrons. The first-order valence-corrected chi connectivity index (χ1v) is 7.51. The van der Waals surface area contributed by atoms with Gasteiger partial charge in [-0.2, -0.15) is 5.10 Å². The Morgan fingerprint density at radius 1 is 0.783 bits per heavy atom. The van der Waals surface area contributed by atoms with Gasteiger partial charge in [0, 0.05) is 11.6 Å². The Balaban J connectivity index is 1.55. The first-order valence-electron chi connectivity index (χ1n) is 7.51. The minimum absolute atomic E-state index is 0.974. The SMILES string of the molecule is C(=N/Nc1ccc2ccccc2c1)/c1ccc2ncccc2c1. The number of hydrogen-bond donors (Lipinski definition) is 1. The summed E-state index contributed by atoms with van der Waals surface area (Å²) in [7, 11) is 0. The Hall–Kier alpha value is -3.20. The van der Waals surface area contributed by atoms with Crippen molar-refractivity contribution in [3.63, 3.8) is 0 Å². The molecule has 0 saturated carbocycles. The lowest BCUT2D eigenvalue weighted by molar-refractivity contribution is 1.35. The minimum Gasteiger partial charge on any atom is -0.278 e. The molecule has 0 amide bonds. The Morgan fingerprint density at radius 3 is 2.61 bits per heavy atom. The maximum Gasteiger partial charge on any atom is 0.0702 e. The Morgan fingerprint density at radius 2 is 1.65 bits per heavy atom. The molecule has 3 nitrogen and oxygen atoms in total. The van der Waals surface area contributed by atoms with Gasteiger partial charge in [-0.05, 0) is 46.7 Å². The van der Waals surface area contributed by atoms with Gasteiger partial charge >= 0.3 is 0 Å². The van der Waals surface area contributed by atoms with E-state index >= 15 is 0 Å². The molecule has 1 heterocycles. The summed E-state index contributed by atoms with van der Waals surface area (Å²) in [6.45, 7) is 0. The molecule has 4 aromatic rings. The largest absolute Gasteiger partial charge is 0.278 e. The lowest BCUT2D eigenvalue weighted by Crippen LogP contribution is -1.91. The fourth-order valence-corrected chi connectivity index (χ4v) is 2.61. The van der Waals surface area contributed by atoms with Crippen LogP contribution in [0.15, 0.2) is 84.1 Å². The number of rotatable bonds is 3. The van der Waals surface area contributed by atoms with Crippen LogP contribution in [0.5, 0.6) is 0 Å². The van der Waals surface area contributed by atoms with Crippen LogP contribution in [0.3, 0.4) is 0 Å². The summed E-state index contributed by atoms with van der Waals surface area (Å²) in [5.41, 5.74) is 6.09. The molecule has 0 aliphatic rings. The molecule has 1 aromatic heterocycles. The fraction of sp³-hybridized carbons (Fsp3) is 0. The van der Waals surface area contributed by atoms with Crippen LogP contribution in [0.1, 0.15) is 5.56 Å². The maximum absolute atomic E-state index is 4.33. The molecule has 3 aromatic carbocycles. The zero-order chi connectivity index (χ0) is 15.5. The molecule has 4 rings (SSSR count). The molecular formula is C20H15N3. The predicted octanol–water partition coefficient (Wildman–Crippen LogP) is 4.83. The first kappa shape index (κ1) is 13.5. The summed E-state index contributed by atoms with van der Waals surface area (Å²) in [4.78, 5) is 4.32. The topological polar surface area (TPSA) is 37.3 Å². The van der Waals surface area contributed by atoms with Crippen molar-refractivity contribution in [2.24, 2.45) is 5.10 Å². The molecule has 0 unspecified atom stereocenters. The van der Waals surface area contributed by atoms with Gasteiger partial charge in [-0.3, -0.25) is 10.4 Å². The molecule has 0 atom stereocenters. The van der Waals surface area contributed by atoms with Gasteiger partial charge in [0.2, 0.25) is 0 Å². The first-order chi connectivity index (χ1) is 11.4. The van der Waals surface area contributed by atoms with Crippen molar-refractivity contribution in [1.82, 2.24) is 4.98 Å².